The van der Waals surface area contributed by atoms with Crippen molar-refractivity contribution in [3.63, 3.8) is 0 Å². The summed E-state index contributed by atoms with van der Waals surface area (Å²) in [6.45, 7) is 0.468. The molecule has 34 heavy (non-hydrogen) atoms. The number of benzene rings is 2. The summed E-state index contributed by atoms with van der Waals surface area (Å²) in [6.07, 6.45) is 4.21. The molecule has 0 saturated heterocycles. The number of thiophene rings is 1. The second kappa shape index (κ2) is 9.43. The molecule has 0 spiro atoms. The number of hydrogen-bond donors (Lipinski definition) is 2. The van der Waals surface area contributed by atoms with Gasteiger partial charge in [0.1, 0.15) is 4.21 Å². The number of fused-ring (bicyclic) bond motifs is 1. The number of hydrogen-bond acceptors (Lipinski definition) is 7. The van der Waals surface area contributed by atoms with Crippen LogP contribution in [0.5, 0.6) is 0 Å². The summed E-state index contributed by atoms with van der Waals surface area (Å²) in [5.74, 6) is 0. The Labute approximate surface area is 202 Å². The number of imidazole rings is 1. The number of hydrazine groups is 1. The van der Waals surface area contributed by atoms with Gasteiger partial charge in [0.25, 0.3) is 0 Å². The predicted molar refractivity (Wildman–Crippen MR) is 132 cm³/mol. The molecule has 7 nitrogen and oxygen atoms in total. The summed E-state index contributed by atoms with van der Waals surface area (Å²) in [6, 6.07) is 20.6. The Balaban J connectivity index is 1.62. The Morgan fingerprint density at radius 1 is 1.15 bits per heavy atom. The van der Waals surface area contributed by atoms with E-state index in [1.54, 1.807) is 42.2 Å². The molecule has 3 heterocycles. The van der Waals surface area contributed by atoms with Gasteiger partial charge in [-0.1, -0.05) is 36.4 Å². The Morgan fingerprint density at radius 3 is 2.71 bits per heavy atom. The van der Waals surface area contributed by atoms with Crippen LogP contribution in [0, 0.1) is 11.3 Å². The zero-order chi connectivity index (χ0) is 23.5. The number of anilines is 1. The number of nitrogens with one attached hydrogen (secondary N) is 2. The van der Waals surface area contributed by atoms with Gasteiger partial charge in [-0.05, 0) is 53.6 Å². The lowest BCUT2D eigenvalue weighted by molar-refractivity contribution is 0.457. The molecule has 0 radical (unpaired) electrons. The van der Waals surface area contributed by atoms with Crippen LogP contribution in [0.15, 0.2) is 82.8 Å². The van der Waals surface area contributed by atoms with Crippen LogP contribution in [0.25, 0.3) is 0 Å². The van der Waals surface area contributed by atoms with E-state index in [-0.39, 0.29) is 0 Å². The highest BCUT2D eigenvalue weighted by Crippen LogP contribution is 2.34. The zero-order valence-electron chi connectivity index (χ0n) is 18.3. The van der Waals surface area contributed by atoms with Crippen molar-refractivity contribution in [3.8, 4) is 6.07 Å². The van der Waals surface area contributed by atoms with Gasteiger partial charge in [0.05, 0.1) is 41.1 Å². The van der Waals surface area contributed by atoms with Crippen LogP contribution in [-0.4, -0.2) is 29.7 Å². The van der Waals surface area contributed by atoms with E-state index >= 15 is 0 Å². The molecule has 172 valence electrons. The molecule has 0 bridgehead atoms. The van der Waals surface area contributed by atoms with Crippen LogP contribution in [0.2, 0.25) is 0 Å². The molecule has 0 amide bonds. The molecular weight excluding hydrogens is 466 g/mol. The van der Waals surface area contributed by atoms with Crippen LogP contribution in [0.3, 0.4) is 0 Å². The number of H-pyrrole nitrogens is 1. The summed E-state index contributed by atoms with van der Waals surface area (Å²) in [5, 5.41) is 12.5. The second-order valence-corrected chi connectivity index (χ2v) is 11.6. The van der Waals surface area contributed by atoms with E-state index in [0.29, 0.717) is 29.2 Å². The van der Waals surface area contributed by atoms with Crippen molar-refractivity contribution >= 4 is 26.9 Å². The normalized spacial score (nSPS) is 18.1. The fourth-order valence-corrected chi connectivity index (χ4v) is 7.49. The van der Waals surface area contributed by atoms with Crippen molar-refractivity contribution in [2.45, 2.75) is 34.9 Å². The van der Waals surface area contributed by atoms with E-state index in [1.807, 2.05) is 41.4 Å². The number of sulfone groups is 1. The van der Waals surface area contributed by atoms with Crippen molar-refractivity contribution in [2.75, 3.05) is 5.01 Å². The van der Waals surface area contributed by atoms with Gasteiger partial charge in [-0.2, -0.15) is 5.26 Å². The van der Waals surface area contributed by atoms with E-state index in [0.717, 1.165) is 22.5 Å². The predicted octanol–water partition coefficient (Wildman–Crippen LogP) is 3.86. The molecule has 2 aromatic carbocycles. The van der Waals surface area contributed by atoms with Gasteiger partial charge in [0.15, 0.2) is 9.84 Å². The Hall–Kier alpha value is -3.45. The standard InChI is InChI=1S/C25H23N5O2S2/c26-14-19-8-9-23-20(11-19)13-24(34(31,32)25-7-4-10-33-25)22(12-18-5-2-1-3-6-18)29-30(23)16-21-15-27-17-28-21/h1-11,15,17,22,24,29H,12-13,16H2,(H,27,28). The summed E-state index contributed by atoms with van der Waals surface area (Å²) in [4.78, 5) is 7.25. The van der Waals surface area contributed by atoms with Gasteiger partial charge < -0.3 is 9.99 Å². The van der Waals surface area contributed by atoms with Crippen LogP contribution < -0.4 is 10.4 Å². The summed E-state index contributed by atoms with van der Waals surface area (Å²) < 4.78 is 28.1. The van der Waals surface area contributed by atoms with Crippen LogP contribution >= 0.6 is 11.3 Å². The molecule has 1 aliphatic rings. The number of aromatic amines is 1. The van der Waals surface area contributed by atoms with E-state index in [2.05, 4.69) is 21.5 Å². The van der Waals surface area contributed by atoms with Gasteiger partial charge in [-0.3, -0.25) is 0 Å². The topological polar surface area (TPSA) is 102 Å². The third kappa shape index (κ3) is 4.48. The van der Waals surface area contributed by atoms with Crippen LogP contribution in [-0.2, 0) is 29.2 Å². The van der Waals surface area contributed by atoms with Crippen molar-refractivity contribution in [3.05, 3.63) is 101 Å². The summed E-state index contributed by atoms with van der Waals surface area (Å²) >= 11 is 1.24. The second-order valence-electron chi connectivity index (χ2n) is 8.26. The maximum Gasteiger partial charge on any atom is 0.192 e. The quantitative estimate of drug-likeness (QED) is 0.426. The molecule has 0 aliphatic carbocycles. The van der Waals surface area contributed by atoms with Crippen LogP contribution in [0.4, 0.5) is 5.69 Å². The lowest BCUT2D eigenvalue weighted by Gasteiger charge is -2.31. The van der Waals surface area contributed by atoms with Crippen molar-refractivity contribution in [2.24, 2.45) is 0 Å². The first-order valence-electron chi connectivity index (χ1n) is 10.9. The first-order valence-corrected chi connectivity index (χ1v) is 13.3. The Morgan fingerprint density at radius 2 is 2.00 bits per heavy atom. The molecule has 1 aliphatic heterocycles. The number of nitriles is 1. The van der Waals surface area contributed by atoms with Gasteiger partial charge in [-0.25, -0.2) is 18.8 Å². The molecule has 9 heteroatoms. The molecule has 2 aromatic heterocycles. The van der Waals surface area contributed by atoms with Gasteiger partial charge in [0.2, 0.25) is 0 Å². The molecule has 2 atom stereocenters. The monoisotopic (exact) mass is 489 g/mol. The molecular formula is C25H23N5O2S2. The SMILES string of the molecule is N#Cc1ccc2c(c1)CC(S(=O)(=O)c1cccs1)C(Cc1ccccc1)NN2Cc1cnc[nH]1. The number of aromatic nitrogens is 2. The molecule has 4 aromatic rings. The lowest BCUT2D eigenvalue weighted by atomic mass is 9.98. The average Bonchev–Trinajstić information content (AvgIpc) is 3.55. The van der Waals surface area contributed by atoms with E-state index in [4.69, 9.17) is 0 Å². The van der Waals surface area contributed by atoms with Gasteiger partial charge in [-0.15, -0.1) is 11.3 Å². The molecule has 0 fully saturated rings. The highest BCUT2D eigenvalue weighted by atomic mass is 32.2. The third-order valence-electron chi connectivity index (χ3n) is 6.05. The largest absolute Gasteiger partial charge is 0.347 e. The smallest absolute Gasteiger partial charge is 0.192 e. The van der Waals surface area contributed by atoms with Crippen molar-refractivity contribution < 1.29 is 8.42 Å². The van der Waals surface area contributed by atoms with Crippen molar-refractivity contribution in [1.82, 2.24) is 15.4 Å². The third-order valence-corrected chi connectivity index (χ3v) is 9.68. The fourth-order valence-electron chi connectivity index (χ4n) is 4.41. The first kappa shape index (κ1) is 22.3. The zero-order valence-corrected chi connectivity index (χ0v) is 19.9. The Kier molecular flexibility index (Phi) is 6.20. The minimum Gasteiger partial charge on any atom is -0.347 e. The molecule has 0 saturated carbocycles. The lowest BCUT2D eigenvalue weighted by Crippen LogP contribution is -2.52. The highest BCUT2D eigenvalue weighted by Gasteiger charge is 2.39. The van der Waals surface area contributed by atoms with Crippen LogP contribution in [0.1, 0.15) is 22.4 Å². The van der Waals surface area contributed by atoms with Gasteiger partial charge in [0, 0.05) is 12.2 Å². The van der Waals surface area contributed by atoms with Gasteiger partial charge >= 0.3 is 0 Å². The fraction of sp³-hybridized carbons (Fsp3) is 0.200. The highest BCUT2D eigenvalue weighted by molar-refractivity contribution is 7.94. The average molecular weight is 490 g/mol. The first-order chi connectivity index (χ1) is 16.5. The number of nitrogens with zero attached hydrogens (tertiary/aromatic N) is 3. The molecule has 2 N–H and O–H groups in total. The molecule has 5 rings (SSSR count). The molecule has 2 unspecified atom stereocenters. The van der Waals surface area contributed by atoms with E-state index in [1.165, 1.54) is 11.3 Å². The summed E-state index contributed by atoms with van der Waals surface area (Å²) in [5.41, 5.74) is 7.68. The minimum atomic E-state index is -3.63. The van der Waals surface area contributed by atoms with E-state index < -0.39 is 21.1 Å². The maximum absolute atomic E-state index is 13.9. The summed E-state index contributed by atoms with van der Waals surface area (Å²) in [7, 11) is -3.63. The number of rotatable bonds is 6. The minimum absolute atomic E-state index is 0.301. The van der Waals surface area contributed by atoms with E-state index in [9.17, 15) is 13.7 Å². The van der Waals surface area contributed by atoms with Crippen molar-refractivity contribution in [1.29, 1.82) is 5.26 Å². The maximum atomic E-state index is 13.9. The Bertz CT molecular complexity index is 1400.